The Balaban J connectivity index is 3.10. The molecule has 0 heterocycles. The van der Waals surface area contributed by atoms with Crippen LogP contribution in [0.4, 0.5) is 0 Å². The molecule has 0 rings (SSSR count). The SMILES string of the molecule is C=C(C)C[Se]CC(=C)C. The van der Waals surface area contributed by atoms with Crippen molar-refractivity contribution in [1.29, 1.82) is 0 Å². The molecule has 9 heavy (non-hydrogen) atoms. The predicted molar refractivity (Wildman–Crippen MR) is 45.0 cm³/mol. The second-order valence-electron chi connectivity index (χ2n) is 2.41. The Morgan fingerprint density at radius 3 is 1.67 bits per heavy atom. The number of rotatable bonds is 4. The summed E-state index contributed by atoms with van der Waals surface area (Å²) in [4.78, 5) is 0. The van der Waals surface area contributed by atoms with Gasteiger partial charge in [-0.25, -0.2) is 0 Å². The van der Waals surface area contributed by atoms with Gasteiger partial charge < -0.3 is 0 Å². The quantitative estimate of drug-likeness (QED) is 0.471. The zero-order valence-corrected chi connectivity index (χ0v) is 7.95. The molecule has 0 bridgehead atoms. The van der Waals surface area contributed by atoms with Crippen LogP contribution in [0.1, 0.15) is 13.8 Å². The van der Waals surface area contributed by atoms with Gasteiger partial charge in [0.1, 0.15) is 0 Å². The summed E-state index contributed by atoms with van der Waals surface area (Å²) in [6.07, 6.45) is 0. The number of allylic oxidation sites excluding steroid dienone is 2. The molecule has 0 aliphatic heterocycles. The molecule has 0 fully saturated rings. The first kappa shape index (κ1) is 9.00. The van der Waals surface area contributed by atoms with Crippen molar-refractivity contribution in [2.75, 3.05) is 0 Å². The molecule has 0 unspecified atom stereocenters. The van der Waals surface area contributed by atoms with Crippen LogP contribution in [0, 0.1) is 0 Å². The Morgan fingerprint density at radius 1 is 1.11 bits per heavy atom. The van der Waals surface area contributed by atoms with Crippen molar-refractivity contribution in [3.05, 3.63) is 24.3 Å². The third kappa shape index (κ3) is 8.00. The van der Waals surface area contributed by atoms with Gasteiger partial charge >= 0.3 is 63.7 Å². The minimum absolute atomic E-state index is 0.720. The number of hydrogen-bond acceptors (Lipinski definition) is 0. The van der Waals surface area contributed by atoms with Crippen LogP contribution in [0.15, 0.2) is 24.3 Å². The van der Waals surface area contributed by atoms with Crippen LogP contribution in [-0.4, -0.2) is 15.0 Å². The van der Waals surface area contributed by atoms with Crippen LogP contribution in [0.3, 0.4) is 0 Å². The molecule has 0 aromatic heterocycles. The molecule has 0 atom stereocenters. The molecule has 0 aliphatic carbocycles. The normalized spacial score (nSPS) is 9.11. The van der Waals surface area contributed by atoms with Crippen molar-refractivity contribution in [3.8, 4) is 0 Å². The van der Waals surface area contributed by atoms with E-state index in [1.54, 1.807) is 0 Å². The maximum absolute atomic E-state index is 3.84. The van der Waals surface area contributed by atoms with Crippen molar-refractivity contribution in [2.24, 2.45) is 0 Å². The topological polar surface area (TPSA) is 0 Å². The molecule has 0 radical (unpaired) electrons. The first-order valence-corrected chi connectivity index (χ1v) is 5.41. The van der Waals surface area contributed by atoms with Gasteiger partial charge in [0.25, 0.3) is 0 Å². The van der Waals surface area contributed by atoms with Crippen LogP contribution in [0.5, 0.6) is 0 Å². The van der Waals surface area contributed by atoms with Crippen molar-refractivity contribution in [3.63, 3.8) is 0 Å². The van der Waals surface area contributed by atoms with Gasteiger partial charge in [-0.2, -0.15) is 0 Å². The standard InChI is InChI=1S/C8H14Se/c1-7(2)5-9-6-8(3)4/h1,3,5-6H2,2,4H3. The van der Waals surface area contributed by atoms with Crippen molar-refractivity contribution in [1.82, 2.24) is 0 Å². The molecular weight excluding hydrogens is 175 g/mol. The van der Waals surface area contributed by atoms with Gasteiger partial charge in [-0.3, -0.25) is 0 Å². The van der Waals surface area contributed by atoms with Gasteiger partial charge in [0.15, 0.2) is 0 Å². The fourth-order valence-corrected chi connectivity index (χ4v) is 2.08. The van der Waals surface area contributed by atoms with E-state index in [1.807, 2.05) is 0 Å². The molecule has 52 valence electrons. The van der Waals surface area contributed by atoms with Gasteiger partial charge in [0.2, 0.25) is 0 Å². The third-order valence-corrected chi connectivity index (χ3v) is 3.62. The summed E-state index contributed by atoms with van der Waals surface area (Å²) >= 11 is 0.720. The maximum atomic E-state index is 3.84. The van der Waals surface area contributed by atoms with Gasteiger partial charge in [-0.15, -0.1) is 0 Å². The number of hydrogen-bond donors (Lipinski definition) is 0. The Hall–Kier alpha value is -0.000519. The van der Waals surface area contributed by atoms with Crippen LogP contribution in [0.2, 0.25) is 10.6 Å². The summed E-state index contributed by atoms with van der Waals surface area (Å²) in [6.45, 7) is 11.8. The fourth-order valence-electron chi connectivity index (χ4n) is 0.399. The first-order valence-electron chi connectivity index (χ1n) is 2.99. The second-order valence-corrected chi connectivity index (χ2v) is 4.47. The third-order valence-electron chi connectivity index (χ3n) is 0.697. The molecule has 1 heteroatoms. The van der Waals surface area contributed by atoms with E-state index in [2.05, 4.69) is 27.0 Å². The van der Waals surface area contributed by atoms with Crippen LogP contribution < -0.4 is 0 Å². The summed E-state index contributed by atoms with van der Waals surface area (Å²) in [6, 6.07) is 0. The molecule has 0 aliphatic rings. The molecule has 0 spiro atoms. The van der Waals surface area contributed by atoms with E-state index < -0.39 is 0 Å². The summed E-state index contributed by atoms with van der Waals surface area (Å²) in [5, 5.41) is 2.42. The monoisotopic (exact) mass is 190 g/mol. The van der Waals surface area contributed by atoms with Crippen LogP contribution >= 0.6 is 0 Å². The average Bonchev–Trinajstić information content (AvgIpc) is 1.63. The van der Waals surface area contributed by atoms with Gasteiger partial charge in [0, 0.05) is 0 Å². The fraction of sp³-hybridized carbons (Fsp3) is 0.500. The van der Waals surface area contributed by atoms with E-state index in [0.29, 0.717) is 0 Å². The van der Waals surface area contributed by atoms with Crippen molar-refractivity contribution < 1.29 is 0 Å². The van der Waals surface area contributed by atoms with Crippen LogP contribution in [-0.2, 0) is 0 Å². The zero-order valence-electron chi connectivity index (χ0n) is 6.24. The van der Waals surface area contributed by atoms with Crippen molar-refractivity contribution >= 4 is 15.0 Å². The van der Waals surface area contributed by atoms with E-state index >= 15 is 0 Å². The summed E-state index contributed by atoms with van der Waals surface area (Å²) < 4.78 is 0. The molecular formula is C8H14Se. The molecule has 0 saturated heterocycles. The van der Waals surface area contributed by atoms with E-state index in [1.165, 1.54) is 21.8 Å². The van der Waals surface area contributed by atoms with Crippen molar-refractivity contribution in [2.45, 2.75) is 24.5 Å². The van der Waals surface area contributed by atoms with E-state index in [-0.39, 0.29) is 0 Å². The summed E-state index contributed by atoms with van der Waals surface area (Å²) in [5.41, 5.74) is 2.60. The van der Waals surface area contributed by atoms with Gasteiger partial charge in [-0.1, -0.05) is 0 Å². The molecule has 0 saturated carbocycles. The molecule has 0 aromatic rings. The average molecular weight is 189 g/mol. The molecule has 0 aromatic carbocycles. The first-order chi connectivity index (χ1) is 4.13. The van der Waals surface area contributed by atoms with E-state index in [4.69, 9.17) is 0 Å². The molecule has 0 amide bonds. The van der Waals surface area contributed by atoms with E-state index in [0.717, 1.165) is 15.0 Å². The minimum atomic E-state index is 0.720. The Bertz CT molecular complexity index is 99.7. The summed E-state index contributed by atoms with van der Waals surface area (Å²) in [5.74, 6) is 0. The molecule has 0 N–H and O–H groups in total. The van der Waals surface area contributed by atoms with Gasteiger partial charge in [0.05, 0.1) is 0 Å². The Labute approximate surface area is 64.2 Å². The Morgan fingerprint density at radius 2 is 1.44 bits per heavy atom. The van der Waals surface area contributed by atoms with Gasteiger partial charge in [-0.05, 0) is 0 Å². The Kier molecular flexibility index (Phi) is 4.84. The second kappa shape index (κ2) is 4.84. The van der Waals surface area contributed by atoms with E-state index in [9.17, 15) is 0 Å². The van der Waals surface area contributed by atoms with Crippen LogP contribution in [0.25, 0.3) is 0 Å². The summed E-state index contributed by atoms with van der Waals surface area (Å²) in [7, 11) is 0. The zero-order chi connectivity index (χ0) is 7.28. The molecule has 0 nitrogen and oxygen atoms in total. The predicted octanol–water partition coefficient (Wildman–Crippen LogP) is 2.68.